The highest BCUT2D eigenvalue weighted by molar-refractivity contribution is 6.40. The third kappa shape index (κ3) is 5.90. The maximum atomic E-state index is 13.1. The molecule has 35 heavy (non-hydrogen) atoms. The lowest BCUT2D eigenvalue weighted by molar-refractivity contribution is 0.0295. The Balaban J connectivity index is 1.49. The van der Waals surface area contributed by atoms with Gasteiger partial charge in [0.25, 0.3) is 11.8 Å². The number of rotatable bonds is 7. The fourth-order valence-corrected chi connectivity index (χ4v) is 4.60. The molecule has 2 heterocycles. The van der Waals surface area contributed by atoms with Crippen LogP contribution in [0, 0.1) is 0 Å². The highest BCUT2D eigenvalue weighted by atomic mass is 35.5. The lowest BCUT2D eigenvalue weighted by Gasteiger charge is -2.27. The molecule has 0 unspecified atom stereocenters. The average molecular weight is 538 g/mol. The number of nitrogens with one attached hydrogen (secondary N) is 1. The van der Waals surface area contributed by atoms with Crippen LogP contribution in [0.25, 0.3) is 0 Å². The number of carbonyl (C=O) groups excluding carboxylic acids is 2. The van der Waals surface area contributed by atoms with Crippen molar-refractivity contribution in [1.82, 2.24) is 14.7 Å². The maximum absolute atomic E-state index is 13.1. The van der Waals surface area contributed by atoms with Gasteiger partial charge in [0.15, 0.2) is 5.75 Å². The van der Waals surface area contributed by atoms with E-state index in [9.17, 15) is 9.59 Å². The van der Waals surface area contributed by atoms with Crippen LogP contribution in [0.3, 0.4) is 0 Å². The number of carbonyl (C=O) groups is 2. The van der Waals surface area contributed by atoms with E-state index in [2.05, 4.69) is 10.4 Å². The first-order valence-electron chi connectivity index (χ1n) is 11.0. The second-order valence-electron chi connectivity index (χ2n) is 7.77. The number of hydrogen-bond acceptors (Lipinski definition) is 5. The maximum Gasteiger partial charge on any atom is 0.274 e. The van der Waals surface area contributed by atoms with E-state index in [4.69, 9.17) is 44.3 Å². The molecule has 2 amide bonds. The van der Waals surface area contributed by atoms with Crippen molar-refractivity contribution in [1.29, 1.82) is 0 Å². The second-order valence-corrected chi connectivity index (χ2v) is 9.02. The van der Waals surface area contributed by atoms with Crippen molar-refractivity contribution in [2.24, 2.45) is 0 Å². The molecule has 0 atom stereocenters. The van der Waals surface area contributed by atoms with Gasteiger partial charge in [-0.05, 0) is 36.8 Å². The van der Waals surface area contributed by atoms with Crippen LogP contribution in [0.1, 0.15) is 33.3 Å². The summed E-state index contributed by atoms with van der Waals surface area (Å²) in [4.78, 5) is 27.9. The normalized spacial score (nSPS) is 13.5. The van der Waals surface area contributed by atoms with Crippen molar-refractivity contribution in [2.45, 2.75) is 20.1 Å². The quantitative estimate of drug-likeness (QED) is 0.450. The van der Waals surface area contributed by atoms with Gasteiger partial charge in [0.1, 0.15) is 12.3 Å². The number of aromatic nitrogens is 2. The number of morpholine rings is 1. The van der Waals surface area contributed by atoms with E-state index >= 15 is 0 Å². The van der Waals surface area contributed by atoms with Crippen molar-refractivity contribution in [3.63, 3.8) is 0 Å². The van der Waals surface area contributed by atoms with Gasteiger partial charge in [-0.3, -0.25) is 14.3 Å². The third-order valence-corrected chi connectivity index (χ3v) is 6.20. The lowest BCUT2D eigenvalue weighted by atomic mass is 10.1. The molecule has 0 radical (unpaired) electrons. The Morgan fingerprint density at radius 3 is 2.51 bits per heavy atom. The molecule has 2 aromatic carbocycles. The Hall–Kier alpha value is -2.78. The predicted octanol–water partition coefficient (Wildman–Crippen LogP) is 5.17. The topological polar surface area (TPSA) is 85.7 Å². The standard InChI is InChI=1S/C24H23Cl3N4O4/c1-2-31-21(24(33)30-6-8-34-9-7-30)20(13-28-31)29-23(32)16-5-3-4-15(10-16)14-35-22-18(26)11-17(25)12-19(22)27/h3-5,10-13H,2,6-9,14H2,1H3,(H,29,32). The van der Waals surface area contributed by atoms with Gasteiger partial charge in [-0.2, -0.15) is 5.10 Å². The Morgan fingerprint density at radius 2 is 1.83 bits per heavy atom. The number of anilines is 1. The summed E-state index contributed by atoms with van der Waals surface area (Å²) in [6, 6.07) is 10.0. The van der Waals surface area contributed by atoms with E-state index < -0.39 is 0 Å². The van der Waals surface area contributed by atoms with E-state index in [0.717, 1.165) is 5.56 Å². The van der Waals surface area contributed by atoms with E-state index in [0.29, 0.717) is 70.6 Å². The number of halogens is 3. The van der Waals surface area contributed by atoms with Crippen LogP contribution in [0.4, 0.5) is 5.69 Å². The van der Waals surface area contributed by atoms with Gasteiger partial charge < -0.3 is 19.7 Å². The van der Waals surface area contributed by atoms with Crippen LogP contribution >= 0.6 is 34.8 Å². The number of aryl methyl sites for hydroxylation is 1. The first-order valence-corrected chi connectivity index (χ1v) is 12.1. The summed E-state index contributed by atoms with van der Waals surface area (Å²) < 4.78 is 12.7. The smallest absolute Gasteiger partial charge is 0.274 e. The summed E-state index contributed by atoms with van der Waals surface area (Å²) >= 11 is 18.3. The molecule has 1 aliphatic heterocycles. The van der Waals surface area contributed by atoms with Crippen molar-refractivity contribution < 1.29 is 19.1 Å². The fourth-order valence-electron chi connectivity index (χ4n) is 3.68. The molecule has 11 heteroatoms. The molecule has 1 fully saturated rings. The van der Waals surface area contributed by atoms with Crippen molar-refractivity contribution in [3.8, 4) is 5.75 Å². The third-order valence-electron chi connectivity index (χ3n) is 5.42. The summed E-state index contributed by atoms with van der Waals surface area (Å²) in [5, 5.41) is 8.09. The summed E-state index contributed by atoms with van der Waals surface area (Å²) in [6.45, 7) is 4.46. The highest BCUT2D eigenvalue weighted by Crippen LogP contribution is 2.36. The van der Waals surface area contributed by atoms with Crippen LogP contribution in [-0.2, 0) is 17.9 Å². The molecule has 1 aliphatic rings. The summed E-state index contributed by atoms with van der Waals surface area (Å²) in [5.74, 6) is -0.256. The molecule has 8 nitrogen and oxygen atoms in total. The molecule has 4 rings (SSSR count). The molecule has 0 bridgehead atoms. The second kappa shape index (κ2) is 11.3. The lowest BCUT2D eigenvalue weighted by Crippen LogP contribution is -2.41. The van der Waals surface area contributed by atoms with E-state index in [1.54, 1.807) is 39.9 Å². The zero-order valence-electron chi connectivity index (χ0n) is 18.9. The van der Waals surface area contributed by atoms with Crippen molar-refractivity contribution >= 4 is 52.3 Å². The first kappa shape index (κ1) is 25.3. The minimum absolute atomic E-state index is 0.136. The highest BCUT2D eigenvalue weighted by Gasteiger charge is 2.26. The van der Waals surface area contributed by atoms with Crippen LogP contribution < -0.4 is 10.1 Å². The molecule has 3 aromatic rings. The van der Waals surface area contributed by atoms with Gasteiger partial charge in [0.05, 0.1) is 35.1 Å². The molecule has 1 saturated heterocycles. The first-order chi connectivity index (χ1) is 16.9. The number of nitrogens with zero attached hydrogens (tertiary/aromatic N) is 3. The zero-order valence-corrected chi connectivity index (χ0v) is 21.2. The predicted molar refractivity (Wildman–Crippen MR) is 135 cm³/mol. The summed E-state index contributed by atoms with van der Waals surface area (Å²) in [6.07, 6.45) is 1.49. The van der Waals surface area contributed by atoms with Gasteiger partial charge in [-0.1, -0.05) is 46.9 Å². The number of ether oxygens (including phenoxy) is 2. The van der Waals surface area contributed by atoms with Gasteiger partial charge in [0.2, 0.25) is 0 Å². The van der Waals surface area contributed by atoms with Gasteiger partial charge in [0, 0.05) is 30.2 Å². The fraction of sp³-hybridized carbons (Fsp3) is 0.292. The van der Waals surface area contributed by atoms with Gasteiger partial charge >= 0.3 is 0 Å². The number of benzene rings is 2. The van der Waals surface area contributed by atoms with Gasteiger partial charge in [-0.15, -0.1) is 0 Å². The van der Waals surface area contributed by atoms with Crippen molar-refractivity contribution in [2.75, 3.05) is 31.6 Å². The SMILES string of the molecule is CCn1ncc(NC(=O)c2cccc(COc3c(Cl)cc(Cl)cc3Cl)c2)c1C(=O)N1CCOCC1. The van der Waals surface area contributed by atoms with Crippen LogP contribution in [0.2, 0.25) is 15.1 Å². The molecule has 184 valence electrons. The van der Waals surface area contributed by atoms with Crippen LogP contribution in [-0.4, -0.2) is 52.8 Å². The molecule has 0 spiro atoms. The molecule has 0 saturated carbocycles. The van der Waals surface area contributed by atoms with E-state index in [1.165, 1.54) is 6.20 Å². The number of hydrogen-bond donors (Lipinski definition) is 1. The monoisotopic (exact) mass is 536 g/mol. The van der Waals surface area contributed by atoms with Crippen LogP contribution in [0.15, 0.2) is 42.6 Å². The molecule has 1 aromatic heterocycles. The number of amides is 2. The molecule has 1 N–H and O–H groups in total. The Labute approximate surface area is 217 Å². The van der Waals surface area contributed by atoms with Gasteiger partial charge in [-0.25, -0.2) is 0 Å². The van der Waals surface area contributed by atoms with Crippen molar-refractivity contribution in [3.05, 3.63) is 74.5 Å². The Morgan fingerprint density at radius 1 is 1.11 bits per heavy atom. The summed E-state index contributed by atoms with van der Waals surface area (Å²) in [7, 11) is 0. The Bertz CT molecular complexity index is 1220. The Kier molecular flexibility index (Phi) is 8.18. The largest absolute Gasteiger partial charge is 0.486 e. The van der Waals surface area contributed by atoms with E-state index in [-0.39, 0.29) is 18.4 Å². The van der Waals surface area contributed by atoms with Crippen LogP contribution in [0.5, 0.6) is 5.75 Å². The minimum atomic E-state index is -0.374. The average Bonchev–Trinajstić information content (AvgIpc) is 3.26. The molecular weight excluding hydrogens is 515 g/mol. The molecule has 0 aliphatic carbocycles. The molecular formula is C24H23Cl3N4O4. The minimum Gasteiger partial charge on any atom is -0.486 e. The zero-order chi connectivity index (χ0) is 24.9. The van der Waals surface area contributed by atoms with E-state index in [1.807, 2.05) is 13.0 Å². The summed E-state index contributed by atoms with van der Waals surface area (Å²) in [5.41, 5.74) is 1.83.